The van der Waals surface area contributed by atoms with Gasteiger partial charge in [-0.05, 0) is 12.5 Å². The van der Waals surface area contributed by atoms with Crippen molar-refractivity contribution in [1.29, 1.82) is 0 Å². The van der Waals surface area contributed by atoms with Gasteiger partial charge < -0.3 is 10.1 Å². The number of hydrazine groups is 1. The molecule has 2 amide bonds. The maximum absolute atomic E-state index is 11.6. The van der Waals surface area contributed by atoms with Crippen LogP contribution in [-0.2, 0) is 4.74 Å². The molecule has 1 aliphatic heterocycles. The molecule has 9 heteroatoms. The molecule has 1 aliphatic rings. The Balaban J connectivity index is 1.79. The number of hydrogen-bond donors (Lipinski definition) is 3. The summed E-state index contributed by atoms with van der Waals surface area (Å²) >= 11 is 17.4. The number of nitrogens with one attached hydrogen (secondary N) is 3. The van der Waals surface area contributed by atoms with Crippen molar-refractivity contribution in [2.75, 3.05) is 25.2 Å². The van der Waals surface area contributed by atoms with Gasteiger partial charge >= 0.3 is 6.03 Å². The van der Waals surface area contributed by atoms with E-state index in [0.717, 1.165) is 13.0 Å². The van der Waals surface area contributed by atoms with Crippen LogP contribution in [0.15, 0.2) is 6.07 Å². The Bertz CT molecular complexity index is 495. The Labute approximate surface area is 131 Å². The summed E-state index contributed by atoms with van der Waals surface area (Å²) in [5.41, 5.74) is 5.00. The predicted octanol–water partition coefficient (Wildman–Crippen LogP) is 2.70. The molecule has 0 bridgehead atoms. The summed E-state index contributed by atoms with van der Waals surface area (Å²) in [5, 5.41) is 3.32. The van der Waals surface area contributed by atoms with Crippen LogP contribution in [0.5, 0.6) is 0 Å². The molecule has 0 aromatic carbocycles. The van der Waals surface area contributed by atoms with Crippen molar-refractivity contribution >= 4 is 46.7 Å². The van der Waals surface area contributed by atoms with Crippen LogP contribution < -0.4 is 16.2 Å². The maximum Gasteiger partial charge on any atom is 0.333 e. The molecular formula is C11H13Cl3N4O2. The zero-order valence-electron chi connectivity index (χ0n) is 10.4. The van der Waals surface area contributed by atoms with E-state index in [2.05, 4.69) is 21.2 Å². The number of pyridine rings is 1. The van der Waals surface area contributed by atoms with E-state index in [-0.39, 0.29) is 27.0 Å². The van der Waals surface area contributed by atoms with Crippen molar-refractivity contribution in [2.45, 2.75) is 6.42 Å². The Kier molecular flexibility index (Phi) is 5.54. The second-order valence-electron chi connectivity index (χ2n) is 4.28. The van der Waals surface area contributed by atoms with E-state index in [9.17, 15) is 4.79 Å². The summed E-state index contributed by atoms with van der Waals surface area (Å²) in [4.78, 5) is 15.5. The molecule has 1 atom stereocenters. The SMILES string of the molecule is O=C(NC[C@H]1CCOC1)NNc1nc(Cl)c(Cl)cc1Cl. The first kappa shape index (κ1) is 15.4. The summed E-state index contributed by atoms with van der Waals surface area (Å²) in [6.07, 6.45) is 0.952. The van der Waals surface area contributed by atoms with Gasteiger partial charge in [0.15, 0.2) is 5.82 Å². The van der Waals surface area contributed by atoms with Crippen molar-refractivity contribution in [1.82, 2.24) is 15.7 Å². The molecule has 0 aliphatic carbocycles. The molecule has 20 heavy (non-hydrogen) atoms. The minimum absolute atomic E-state index is 0.101. The van der Waals surface area contributed by atoms with Gasteiger partial charge in [0.1, 0.15) is 5.15 Å². The normalized spacial score (nSPS) is 17.9. The molecule has 1 saturated heterocycles. The van der Waals surface area contributed by atoms with E-state index in [1.807, 2.05) is 0 Å². The molecule has 2 rings (SSSR count). The number of ether oxygens (including phenoxy) is 1. The lowest BCUT2D eigenvalue weighted by Gasteiger charge is -2.12. The van der Waals surface area contributed by atoms with Crippen LogP contribution in [0.3, 0.4) is 0 Å². The summed E-state index contributed by atoms with van der Waals surface area (Å²) in [5.74, 6) is 0.577. The predicted molar refractivity (Wildman–Crippen MR) is 78.4 cm³/mol. The van der Waals surface area contributed by atoms with Gasteiger partial charge in [-0.25, -0.2) is 9.78 Å². The fraction of sp³-hybridized carbons (Fsp3) is 0.455. The van der Waals surface area contributed by atoms with Gasteiger partial charge in [0.2, 0.25) is 0 Å². The summed E-state index contributed by atoms with van der Waals surface area (Å²) in [7, 11) is 0. The number of rotatable bonds is 4. The highest BCUT2D eigenvalue weighted by Crippen LogP contribution is 2.28. The van der Waals surface area contributed by atoms with E-state index in [1.54, 1.807) is 0 Å². The molecule has 0 unspecified atom stereocenters. The highest BCUT2D eigenvalue weighted by molar-refractivity contribution is 6.42. The van der Waals surface area contributed by atoms with Crippen molar-refractivity contribution in [3.8, 4) is 0 Å². The largest absolute Gasteiger partial charge is 0.381 e. The average Bonchev–Trinajstić information content (AvgIpc) is 2.92. The van der Waals surface area contributed by atoms with Crippen LogP contribution in [0.25, 0.3) is 0 Å². The first-order chi connectivity index (χ1) is 9.56. The van der Waals surface area contributed by atoms with Crippen molar-refractivity contribution in [3.05, 3.63) is 21.3 Å². The molecule has 3 N–H and O–H groups in total. The number of nitrogens with zero attached hydrogens (tertiary/aromatic N) is 1. The number of aromatic nitrogens is 1. The number of amides is 2. The van der Waals surface area contributed by atoms with Gasteiger partial charge in [0.25, 0.3) is 0 Å². The second-order valence-corrected chi connectivity index (χ2v) is 5.45. The smallest absolute Gasteiger partial charge is 0.333 e. The fourth-order valence-corrected chi connectivity index (χ4v) is 2.22. The highest BCUT2D eigenvalue weighted by atomic mass is 35.5. The van der Waals surface area contributed by atoms with E-state index in [4.69, 9.17) is 39.5 Å². The number of carbonyl (C=O) groups excluding carboxylic acids is 1. The minimum Gasteiger partial charge on any atom is -0.381 e. The summed E-state index contributed by atoms with van der Waals surface area (Å²) in [6.45, 7) is 1.97. The Hall–Kier alpha value is -0.950. The van der Waals surface area contributed by atoms with Gasteiger partial charge in [0, 0.05) is 19.1 Å². The topological polar surface area (TPSA) is 75.3 Å². The quantitative estimate of drug-likeness (QED) is 0.582. The molecule has 0 radical (unpaired) electrons. The van der Waals surface area contributed by atoms with Crippen LogP contribution in [0.1, 0.15) is 6.42 Å². The molecule has 1 aromatic heterocycles. The third kappa shape index (κ3) is 4.28. The summed E-state index contributed by atoms with van der Waals surface area (Å²) < 4.78 is 5.22. The second kappa shape index (κ2) is 7.17. The van der Waals surface area contributed by atoms with E-state index in [0.29, 0.717) is 19.1 Å². The van der Waals surface area contributed by atoms with Gasteiger partial charge in [-0.1, -0.05) is 34.8 Å². The van der Waals surface area contributed by atoms with Crippen LogP contribution in [0, 0.1) is 5.92 Å². The van der Waals surface area contributed by atoms with E-state index >= 15 is 0 Å². The molecule has 1 aromatic rings. The molecular weight excluding hydrogens is 327 g/mol. The number of carbonyl (C=O) groups is 1. The number of urea groups is 1. The zero-order chi connectivity index (χ0) is 14.5. The van der Waals surface area contributed by atoms with Gasteiger partial charge in [-0.15, -0.1) is 0 Å². The Morgan fingerprint density at radius 2 is 2.20 bits per heavy atom. The molecule has 6 nitrogen and oxygen atoms in total. The lowest BCUT2D eigenvalue weighted by atomic mass is 10.1. The molecule has 0 spiro atoms. The van der Waals surface area contributed by atoms with Gasteiger partial charge in [0.05, 0.1) is 16.7 Å². The minimum atomic E-state index is -0.388. The van der Waals surface area contributed by atoms with Crippen molar-refractivity contribution in [2.24, 2.45) is 5.92 Å². The van der Waals surface area contributed by atoms with Crippen molar-refractivity contribution in [3.63, 3.8) is 0 Å². The molecule has 0 saturated carbocycles. The maximum atomic E-state index is 11.6. The molecule has 1 fully saturated rings. The highest BCUT2D eigenvalue weighted by Gasteiger charge is 2.16. The van der Waals surface area contributed by atoms with Crippen LogP contribution >= 0.6 is 34.8 Å². The van der Waals surface area contributed by atoms with Crippen LogP contribution in [-0.4, -0.2) is 30.8 Å². The van der Waals surface area contributed by atoms with Crippen LogP contribution in [0.2, 0.25) is 15.2 Å². The van der Waals surface area contributed by atoms with Gasteiger partial charge in [-0.3, -0.25) is 10.9 Å². The Morgan fingerprint density at radius 1 is 1.40 bits per heavy atom. The standard InChI is InChI=1S/C11H13Cl3N4O2/c12-7-3-8(13)10(16-9(7)14)17-18-11(19)15-4-6-1-2-20-5-6/h3,6H,1-2,4-5H2,(H,16,17)(H2,15,18,19)/t6-/m1/s1. The number of halogens is 3. The van der Waals surface area contributed by atoms with E-state index in [1.165, 1.54) is 6.07 Å². The number of anilines is 1. The lowest BCUT2D eigenvalue weighted by Crippen LogP contribution is -2.41. The average molecular weight is 340 g/mol. The Morgan fingerprint density at radius 3 is 2.90 bits per heavy atom. The summed E-state index contributed by atoms with van der Waals surface area (Å²) in [6, 6.07) is 1.05. The molecule has 2 heterocycles. The third-order valence-corrected chi connectivity index (χ3v) is 3.72. The monoisotopic (exact) mass is 338 g/mol. The van der Waals surface area contributed by atoms with Crippen LogP contribution in [0.4, 0.5) is 10.6 Å². The number of hydrogen-bond acceptors (Lipinski definition) is 4. The van der Waals surface area contributed by atoms with Gasteiger partial charge in [-0.2, -0.15) is 0 Å². The first-order valence-electron chi connectivity index (χ1n) is 5.95. The first-order valence-corrected chi connectivity index (χ1v) is 7.09. The third-order valence-electron chi connectivity index (χ3n) is 2.76. The van der Waals surface area contributed by atoms with Crippen molar-refractivity contribution < 1.29 is 9.53 Å². The van der Waals surface area contributed by atoms with E-state index < -0.39 is 0 Å². The molecule has 110 valence electrons. The fourth-order valence-electron chi connectivity index (χ4n) is 1.67. The zero-order valence-corrected chi connectivity index (χ0v) is 12.6. The lowest BCUT2D eigenvalue weighted by molar-refractivity contribution is 0.185.